The third-order valence-electron chi connectivity index (χ3n) is 15.1. The van der Waals surface area contributed by atoms with Crippen molar-refractivity contribution in [1.82, 2.24) is 36.4 Å². The zero-order valence-electron chi connectivity index (χ0n) is 42.7. The molecule has 0 unspecified atom stereocenters. The van der Waals surface area contributed by atoms with Crippen molar-refractivity contribution < 1.29 is 63.8 Å². The van der Waals surface area contributed by atoms with Gasteiger partial charge in [-0.2, -0.15) is 0 Å². The van der Waals surface area contributed by atoms with Gasteiger partial charge in [0.2, 0.25) is 5.91 Å². The molecule has 0 aromatic carbocycles. The summed E-state index contributed by atoms with van der Waals surface area (Å²) in [6.07, 6.45) is 14.9. The predicted molar refractivity (Wildman–Crippen MR) is 265 cm³/mol. The lowest BCUT2D eigenvalue weighted by Gasteiger charge is -2.40. The number of nitrogens with two attached hydrogens (primary N) is 1. The van der Waals surface area contributed by atoms with Gasteiger partial charge in [-0.3, -0.25) is 14.4 Å². The first-order valence-corrected chi connectivity index (χ1v) is 27.0. The van der Waals surface area contributed by atoms with E-state index in [0.717, 1.165) is 96.3 Å². The third-order valence-corrected chi connectivity index (χ3v) is 15.1. The first kappa shape index (κ1) is 59.7. The van der Waals surface area contributed by atoms with Crippen LogP contribution >= 0.6 is 0 Å². The third kappa shape index (κ3) is 18.9. The van der Waals surface area contributed by atoms with E-state index in [0.29, 0.717) is 110 Å². The molecule has 2 heterocycles. The molecule has 0 spiro atoms. The van der Waals surface area contributed by atoms with Crippen molar-refractivity contribution in [1.29, 1.82) is 0 Å². The smallest absolute Gasteiger partial charge is 0.329 e. The van der Waals surface area contributed by atoms with Crippen LogP contribution in [0.1, 0.15) is 168 Å². The van der Waals surface area contributed by atoms with Crippen molar-refractivity contribution in [2.24, 2.45) is 5.73 Å². The summed E-state index contributed by atoms with van der Waals surface area (Å²) in [5.41, 5.74) is 3.65. The number of aliphatic hydroxyl groups is 4. The molecular formula is C50H90N8O13. The van der Waals surface area contributed by atoms with Crippen molar-refractivity contribution in [2.75, 3.05) is 52.6 Å². The van der Waals surface area contributed by atoms with E-state index >= 15 is 0 Å². The fourth-order valence-electron chi connectivity index (χ4n) is 10.3. The van der Waals surface area contributed by atoms with Crippen LogP contribution in [0.5, 0.6) is 0 Å². The Kier molecular flexibility index (Phi) is 26.1. The second-order valence-electron chi connectivity index (χ2n) is 20.5. The lowest BCUT2D eigenvalue weighted by molar-refractivity contribution is -0.146. The molecule has 12 N–H and O–H groups in total. The Balaban J connectivity index is 0.000000255. The molecular weight excluding hydrogens is 921 g/mol. The van der Waals surface area contributed by atoms with Gasteiger partial charge in [0.05, 0.1) is 56.8 Å². The number of hydrogen-bond donors (Lipinski definition) is 11. The van der Waals surface area contributed by atoms with Gasteiger partial charge in [0, 0.05) is 32.2 Å². The molecule has 6 aliphatic rings. The van der Waals surface area contributed by atoms with Gasteiger partial charge >= 0.3 is 18.0 Å². The van der Waals surface area contributed by atoms with Crippen LogP contribution in [0.2, 0.25) is 0 Å². The van der Waals surface area contributed by atoms with E-state index in [1.807, 2.05) is 13.8 Å². The Bertz CT molecular complexity index is 1640. The molecule has 0 aromatic rings. The van der Waals surface area contributed by atoms with Gasteiger partial charge in [-0.25, -0.2) is 14.4 Å². The lowest BCUT2D eigenvalue weighted by Crippen LogP contribution is -2.65. The van der Waals surface area contributed by atoms with Gasteiger partial charge in [-0.15, -0.1) is 0 Å². The Morgan fingerprint density at radius 1 is 0.592 bits per heavy atom. The maximum atomic E-state index is 13.6. The summed E-state index contributed by atoms with van der Waals surface area (Å²) >= 11 is 0. The van der Waals surface area contributed by atoms with E-state index in [1.165, 1.54) is 0 Å². The van der Waals surface area contributed by atoms with Crippen molar-refractivity contribution in [2.45, 2.75) is 228 Å². The van der Waals surface area contributed by atoms with E-state index in [1.54, 1.807) is 9.80 Å². The lowest BCUT2D eigenvalue weighted by atomic mass is 9.80. The summed E-state index contributed by atoms with van der Waals surface area (Å²) in [5.74, 6) is -2.29. The van der Waals surface area contributed by atoms with Crippen LogP contribution in [0, 0.1) is 0 Å². The van der Waals surface area contributed by atoms with Crippen LogP contribution in [0.4, 0.5) is 9.59 Å². The standard InChI is InChI=1S/C25H44N4O6.C13H26N2O3.C12H20N2O4/c1-2-3-9-19(21(31)22(32)26-18-10-5-6-11-20(18)30)27-23(33)25(12-7-4-8-13-25)28-24(34)29-14-16-35-17-15-29;1-2-3-6-9(14)12(17)13(18)15-10-7-4-5-8-11(10)16;15-10(16)12(4-2-1-3-5-12)13-11(17)14-6-8-18-9-7-14/h18-21,30-31H,2-17H2,1H3,(H,26,32)(H,27,33)(H,28,34);9-12,16-17H,2-8,14H2,1H3,(H,15,18);1-9H2,(H,13,17)(H,15,16)/t18-,19-,20-,21-;9-,10-,11-,12-;/m00./s1. The number of hydrogen-bond acceptors (Lipinski definition) is 13. The van der Waals surface area contributed by atoms with Gasteiger partial charge < -0.3 is 77.1 Å². The van der Waals surface area contributed by atoms with E-state index in [-0.39, 0.29) is 30.1 Å². The topological polar surface area (TPSA) is 315 Å². The molecule has 21 heteroatoms. The van der Waals surface area contributed by atoms with Crippen molar-refractivity contribution in [3.8, 4) is 0 Å². The number of amides is 7. The first-order valence-electron chi connectivity index (χ1n) is 27.0. The summed E-state index contributed by atoms with van der Waals surface area (Å²) in [6.45, 7) is 8.06. The molecule has 4 saturated carbocycles. The molecule has 71 heavy (non-hydrogen) atoms. The molecule has 6 rings (SSSR count). The van der Waals surface area contributed by atoms with Gasteiger partial charge in [-0.05, 0) is 64.2 Å². The minimum absolute atomic E-state index is 0.237. The summed E-state index contributed by atoms with van der Waals surface area (Å²) in [5, 5.41) is 64.2. The number of unbranched alkanes of at least 4 members (excludes halogenated alkanes) is 2. The number of aliphatic carboxylic acids is 1. The van der Waals surface area contributed by atoms with E-state index in [4.69, 9.17) is 15.2 Å². The van der Waals surface area contributed by atoms with Crippen LogP contribution in [0.15, 0.2) is 0 Å². The molecule has 408 valence electrons. The maximum absolute atomic E-state index is 13.6. The largest absolute Gasteiger partial charge is 0.480 e. The molecule has 0 radical (unpaired) electrons. The zero-order chi connectivity index (χ0) is 51.8. The van der Waals surface area contributed by atoms with Gasteiger partial charge in [0.15, 0.2) is 6.10 Å². The summed E-state index contributed by atoms with van der Waals surface area (Å²) in [4.78, 5) is 78.1. The van der Waals surface area contributed by atoms with Crippen molar-refractivity contribution in [3.05, 3.63) is 0 Å². The normalized spacial score (nSPS) is 25.9. The van der Waals surface area contributed by atoms with Gasteiger partial charge in [0.25, 0.3) is 11.8 Å². The molecule has 2 aliphatic heterocycles. The van der Waals surface area contributed by atoms with E-state index in [2.05, 4.69) is 26.6 Å². The average Bonchev–Trinajstić information content (AvgIpc) is 3.39. The predicted octanol–water partition coefficient (Wildman–Crippen LogP) is 2.29. The van der Waals surface area contributed by atoms with E-state index < -0.39 is 65.4 Å². The van der Waals surface area contributed by atoms with Crippen LogP contribution in [-0.4, -0.2) is 183 Å². The first-order chi connectivity index (χ1) is 34.1. The molecule has 0 bridgehead atoms. The van der Waals surface area contributed by atoms with Crippen LogP contribution in [-0.2, 0) is 28.7 Å². The van der Waals surface area contributed by atoms with Crippen molar-refractivity contribution in [3.63, 3.8) is 0 Å². The highest BCUT2D eigenvalue weighted by Gasteiger charge is 2.45. The quantitative estimate of drug-likeness (QED) is 0.0997. The molecule has 2 saturated heterocycles. The molecule has 21 nitrogen and oxygen atoms in total. The number of carbonyl (C=O) groups excluding carboxylic acids is 5. The number of carboxylic acid groups (broad SMARTS) is 1. The van der Waals surface area contributed by atoms with Crippen LogP contribution in [0.25, 0.3) is 0 Å². The molecule has 7 amide bonds. The van der Waals surface area contributed by atoms with Gasteiger partial charge in [-0.1, -0.05) is 104 Å². The van der Waals surface area contributed by atoms with Crippen molar-refractivity contribution >= 4 is 35.8 Å². The zero-order valence-corrected chi connectivity index (χ0v) is 42.7. The minimum Gasteiger partial charge on any atom is -0.480 e. The number of rotatable bonds is 17. The number of carboxylic acids is 1. The maximum Gasteiger partial charge on any atom is 0.329 e. The highest BCUT2D eigenvalue weighted by atomic mass is 16.5. The minimum atomic E-state index is -1.43. The van der Waals surface area contributed by atoms with E-state index in [9.17, 15) is 54.3 Å². The Hall–Kier alpha value is -3.86. The monoisotopic (exact) mass is 1010 g/mol. The average molecular weight is 1010 g/mol. The van der Waals surface area contributed by atoms with Gasteiger partial charge in [0.1, 0.15) is 17.2 Å². The van der Waals surface area contributed by atoms with Crippen LogP contribution in [0.3, 0.4) is 0 Å². The molecule has 0 aromatic heterocycles. The summed E-state index contributed by atoms with van der Waals surface area (Å²) in [6, 6.07) is -2.47. The number of nitrogens with one attached hydrogen (secondary N) is 5. The molecule has 6 fully saturated rings. The second-order valence-corrected chi connectivity index (χ2v) is 20.5. The number of ether oxygens (including phenoxy) is 2. The molecule has 4 aliphatic carbocycles. The fraction of sp³-hybridized carbons (Fsp3) is 0.880. The SMILES string of the molecule is CCCC[C@H](N)[C@H](O)C(=O)N[C@H]1CCCC[C@@H]1O.CCCC[C@H](NC(=O)C1(NC(=O)N2CCOCC2)CCCCC1)[C@H](O)C(=O)N[C@H]1CCCC[C@@H]1O.O=C(NC1(C(=O)O)CCCCC1)N1CCOCC1. The number of carbonyl (C=O) groups is 6. The highest BCUT2D eigenvalue weighted by molar-refractivity contribution is 5.92. The Morgan fingerprint density at radius 2 is 1.00 bits per heavy atom. The molecule has 8 atom stereocenters. The summed E-state index contributed by atoms with van der Waals surface area (Å²) in [7, 11) is 0. The number of aliphatic hydroxyl groups excluding tert-OH is 4. The number of urea groups is 2. The second kappa shape index (κ2) is 31.0. The fourth-order valence-corrected chi connectivity index (χ4v) is 10.3. The highest BCUT2D eigenvalue weighted by Crippen LogP contribution is 2.31. The number of morpholine rings is 2. The Labute approximate surface area is 420 Å². The summed E-state index contributed by atoms with van der Waals surface area (Å²) < 4.78 is 10.5. The number of nitrogens with zero attached hydrogens (tertiary/aromatic N) is 2. The van der Waals surface area contributed by atoms with Crippen LogP contribution < -0.4 is 32.3 Å². The Morgan fingerprint density at radius 3 is 1.44 bits per heavy atom.